The first-order valence-corrected chi connectivity index (χ1v) is 8.72. The summed E-state index contributed by atoms with van der Waals surface area (Å²) in [5, 5.41) is 4.11. The fourth-order valence-electron chi connectivity index (χ4n) is 3.51. The van der Waals surface area contributed by atoms with E-state index >= 15 is 0 Å². The van der Waals surface area contributed by atoms with Gasteiger partial charge >= 0.3 is 6.18 Å². The van der Waals surface area contributed by atoms with Gasteiger partial charge in [0.15, 0.2) is 5.65 Å². The summed E-state index contributed by atoms with van der Waals surface area (Å²) in [5.74, 6) is -1.27. The lowest BCUT2D eigenvalue weighted by Gasteiger charge is -2.16. The van der Waals surface area contributed by atoms with Crippen LogP contribution in [0.25, 0.3) is 5.65 Å². The summed E-state index contributed by atoms with van der Waals surface area (Å²) in [5.41, 5.74) is -0.115. The molecule has 0 unspecified atom stereocenters. The Balaban J connectivity index is 1.62. The second-order valence-corrected chi connectivity index (χ2v) is 6.84. The lowest BCUT2D eigenvalue weighted by Crippen LogP contribution is -2.29. The van der Waals surface area contributed by atoms with Crippen LogP contribution in [0.5, 0.6) is 0 Å². The largest absolute Gasteiger partial charge is 0.433 e. The lowest BCUT2D eigenvalue weighted by molar-refractivity contribution is -0.142. The number of carbonyl (C=O) groups excluding carboxylic acids is 1. The molecule has 1 aromatic carbocycles. The molecule has 2 aromatic heterocycles. The average molecular weight is 392 g/mol. The number of carbonyl (C=O) groups is 1. The predicted molar refractivity (Wildman–Crippen MR) is 92.4 cm³/mol. The minimum atomic E-state index is -4.56. The molecule has 1 aliphatic heterocycles. The maximum atomic E-state index is 13.9. The number of amides is 1. The van der Waals surface area contributed by atoms with Gasteiger partial charge in [-0.3, -0.25) is 4.79 Å². The van der Waals surface area contributed by atoms with E-state index in [0.717, 1.165) is 10.6 Å². The molecule has 3 heterocycles. The minimum absolute atomic E-state index is 0.0187. The number of hydrogen-bond donors (Lipinski definition) is 0. The monoisotopic (exact) mass is 392 g/mol. The SMILES string of the molecule is Cc1cc(C(F)(F)F)n2nc([C@@H]3CCN(C(=O)c4ccccc4F)C3)cc2n1. The Hall–Kier alpha value is -2.97. The zero-order chi connectivity index (χ0) is 20.1. The van der Waals surface area contributed by atoms with E-state index in [1.165, 1.54) is 36.1 Å². The number of likely N-dealkylation sites (tertiary alicyclic amines) is 1. The molecule has 0 saturated carbocycles. The standard InChI is InChI=1S/C19H16F4N4O/c1-11-8-16(19(21,22)23)27-17(24-11)9-15(25-27)12-6-7-26(10-12)18(28)13-4-2-3-5-14(13)20/h2-5,8-9,12H,6-7,10H2,1H3/t12-/m1/s1. The highest BCUT2D eigenvalue weighted by Gasteiger charge is 2.36. The van der Waals surface area contributed by atoms with Crippen molar-refractivity contribution in [2.45, 2.75) is 25.4 Å². The van der Waals surface area contributed by atoms with Crippen LogP contribution < -0.4 is 0 Å². The summed E-state index contributed by atoms with van der Waals surface area (Å²) in [7, 11) is 0. The summed E-state index contributed by atoms with van der Waals surface area (Å²) in [6, 6.07) is 8.19. The number of fused-ring (bicyclic) bond motifs is 1. The Morgan fingerprint density at radius 3 is 2.68 bits per heavy atom. The molecule has 1 amide bonds. The smallest absolute Gasteiger partial charge is 0.338 e. The van der Waals surface area contributed by atoms with Crippen molar-refractivity contribution in [3.8, 4) is 0 Å². The van der Waals surface area contributed by atoms with Gasteiger partial charge in [0.05, 0.1) is 11.3 Å². The molecule has 146 valence electrons. The third-order valence-electron chi connectivity index (χ3n) is 4.86. The summed E-state index contributed by atoms with van der Waals surface area (Å²) >= 11 is 0. The number of hydrogen-bond acceptors (Lipinski definition) is 3. The van der Waals surface area contributed by atoms with Gasteiger partial charge in [-0.2, -0.15) is 18.3 Å². The molecule has 0 N–H and O–H groups in total. The number of halogens is 4. The molecule has 1 saturated heterocycles. The highest BCUT2D eigenvalue weighted by Crippen LogP contribution is 2.32. The maximum absolute atomic E-state index is 13.9. The van der Waals surface area contributed by atoms with Crippen LogP contribution in [0.2, 0.25) is 0 Å². The van der Waals surface area contributed by atoms with Gasteiger partial charge in [-0.25, -0.2) is 13.9 Å². The second kappa shape index (κ2) is 6.57. The number of benzene rings is 1. The molecule has 3 aromatic rings. The van der Waals surface area contributed by atoms with E-state index in [1.807, 2.05) is 0 Å². The van der Waals surface area contributed by atoms with E-state index in [2.05, 4.69) is 10.1 Å². The lowest BCUT2D eigenvalue weighted by atomic mass is 10.1. The van der Waals surface area contributed by atoms with Gasteiger partial charge in [0.1, 0.15) is 11.5 Å². The highest BCUT2D eigenvalue weighted by atomic mass is 19.4. The highest BCUT2D eigenvalue weighted by molar-refractivity contribution is 5.94. The van der Waals surface area contributed by atoms with Crippen molar-refractivity contribution in [2.24, 2.45) is 0 Å². The topological polar surface area (TPSA) is 50.5 Å². The molecule has 0 aliphatic carbocycles. The average Bonchev–Trinajstić information content (AvgIpc) is 3.26. The van der Waals surface area contributed by atoms with Crippen molar-refractivity contribution in [3.05, 3.63) is 64.9 Å². The zero-order valence-electron chi connectivity index (χ0n) is 14.9. The van der Waals surface area contributed by atoms with E-state index in [9.17, 15) is 22.4 Å². The number of nitrogens with zero attached hydrogens (tertiary/aromatic N) is 4. The van der Waals surface area contributed by atoms with Crippen molar-refractivity contribution >= 4 is 11.6 Å². The van der Waals surface area contributed by atoms with Crippen LogP contribution in [0, 0.1) is 12.7 Å². The van der Waals surface area contributed by atoms with E-state index in [-0.39, 0.29) is 29.4 Å². The van der Waals surface area contributed by atoms with E-state index in [1.54, 1.807) is 6.07 Å². The number of aryl methyl sites for hydroxylation is 1. The number of aromatic nitrogens is 3. The Bertz CT molecular complexity index is 1060. The van der Waals surface area contributed by atoms with Gasteiger partial charge in [-0.05, 0) is 31.5 Å². The van der Waals surface area contributed by atoms with Crippen LogP contribution in [-0.4, -0.2) is 38.5 Å². The van der Waals surface area contributed by atoms with Crippen molar-refractivity contribution in [1.29, 1.82) is 0 Å². The van der Waals surface area contributed by atoms with E-state index in [0.29, 0.717) is 18.7 Å². The third-order valence-corrected chi connectivity index (χ3v) is 4.86. The van der Waals surface area contributed by atoms with Crippen molar-refractivity contribution in [2.75, 3.05) is 13.1 Å². The van der Waals surface area contributed by atoms with Crippen LogP contribution in [-0.2, 0) is 6.18 Å². The molecule has 1 atom stereocenters. The first-order chi connectivity index (χ1) is 13.2. The molecular formula is C19H16F4N4O. The maximum Gasteiger partial charge on any atom is 0.433 e. The first kappa shape index (κ1) is 18.4. The summed E-state index contributed by atoms with van der Waals surface area (Å²) in [6.07, 6.45) is -4.03. The van der Waals surface area contributed by atoms with Gasteiger partial charge < -0.3 is 4.90 Å². The molecule has 28 heavy (non-hydrogen) atoms. The normalized spacial score (nSPS) is 17.5. The molecule has 9 heteroatoms. The fraction of sp³-hybridized carbons (Fsp3) is 0.316. The summed E-state index contributed by atoms with van der Waals surface area (Å²) in [6.45, 7) is 2.13. The first-order valence-electron chi connectivity index (χ1n) is 8.72. The van der Waals surface area contributed by atoms with E-state index < -0.39 is 23.6 Å². The van der Waals surface area contributed by atoms with Crippen LogP contribution in [0.3, 0.4) is 0 Å². The van der Waals surface area contributed by atoms with Crippen LogP contribution in [0.15, 0.2) is 36.4 Å². The predicted octanol–water partition coefficient (Wildman–Crippen LogP) is 3.83. The molecule has 1 fully saturated rings. The second-order valence-electron chi connectivity index (χ2n) is 6.84. The van der Waals surface area contributed by atoms with Gasteiger partial charge in [0.25, 0.3) is 5.91 Å². The fourth-order valence-corrected chi connectivity index (χ4v) is 3.51. The Morgan fingerprint density at radius 2 is 1.96 bits per heavy atom. The zero-order valence-corrected chi connectivity index (χ0v) is 14.9. The Morgan fingerprint density at radius 1 is 1.21 bits per heavy atom. The van der Waals surface area contributed by atoms with Crippen molar-refractivity contribution < 1.29 is 22.4 Å². The molecule has 1 aliphatic rings. The van der Waals surface area contributed by atoms with Gasteiger partial charge in [0.2, 0.25) is 0 Å². The molecule has 4 rings (SSSR count). The van der Waals surface area contributed by atoms with Gasteiger partial charge in [-0.15, -0.1) is 0 Å². The number of alkyl halides is 3. The van der Waals surface area contributed by atoms with E-state index in [4.69, 9.17) is 0 Å². The van der Waals surface area contributed by atoms with Gasteiger partial charge in [0, 0.05) is 30.8 Å². The van der Waals surface area contributed by atoms with Crippen LogP contribution in [0.1, 0.15) is 39.8 Å². The van der Waals surface area contributed by atoms with Crippen molar-refractivity contribution in [3.63, 3.8) is 0 Å². The minimum Gasteiger partial charge on any atom is -0.338 e. The molecule has 5 nitrogen and oxygen atoms in total. The quantitative estimate of drug-likeness (QED) is 0.623. The van der Waals surface area contributed by atoms with Crippen molar-refractivity contribution in [1.82, 2.24) is 19.5 Å². The number of rotatable bonds is 2. The Labute approximate surface area is 157 Å². The summed E-state index contributed by atoms with van der Waals surface area (Å²) in [4.78, 5) is 18.2. The van der Waals surface area contributed by atoms with Crippen LogP contribution in [0.4, 0.5) is 17.6 Å². The van der Waals surface area contributed by atoms with Gasteiger partial charge in [-0.1, -0.05) is 12.1 Å². The summed E-state index contributed by atoms with van der Waals surface area (Å²) < 4.78 is 54.6. The molecule has 0 radical (unpaired) electrons. The Kier molecular flexibility index (Phi) is 4.32. The van der Waals surface area contributed by atoms with Crippen LogP contribution >= 0.6 is 0 Å². The third kappa shape index (κ3) is 3.21. The molecular weight excluding hydrogens is 376 g/mol. The molecule has 0 bridgehead atoms. The molecule has 0 spiro atoms.